The average molecular weight is 388 g/mol. The Morgan fingerprint density at radius 1 is 1.04 bits per heavy atom. The van der Waals surface area contributed by atoms with Gasteiger partial charge in [0, 0.05) is 17.3 Å². The molecule has 1 amide bonds. The Morgan fingerprint density at radius 2 is 1.77 bits per heavy atom. The molecule has 132 valence electrons. The van der Waals surface area contributed by atoms with Crippen molar-refractivity contribution in [2.45, 2.75) is 13.0 Å². The smallest absolute Gasteiger partial charge is 0.267 e. The summed E-state index contributed by atoms with van der Waals surface area (Å²) in [6.07, 6.45) is 0. The largest absolute Gasteiger partial charge is 0.324 e. The van der Waals surface area contributed by atoms with Crippen molar-refractivity contribution in [3.63, 3.8) is 0 Å². The van der Waals surface area contributed by atoms with Gasteiger partial charge < -0.3 is 5.32 Å². The number of anilines is 1. The van der Waals surface area contributed by atoms with E-state index in [9.17, 15) is 9.59 Å². The minimum atomic E-state index is -0.805. The van der Waals surface area contributed by atoms with Crippen LogP contribution < -0.4 is 10.9 Å². The monoisotopic (exact) mass is 387 g/mol. The van der Waals surface area contributed by atoms with Crippen LogP contribution in [0.25, 0.3) is 11.3 Å². The maximum Gasteiger partial charge on any atom is 0.267 e. The molecule has 1 aromatic heterocycles. The standard InChI is InChI=1S/C19H15Cl2N3O2/c1-12(19(26)22-14-7-8-15(20)16(21)11-14)24-18(25)10-9-17(23-24)13-5-3-2-4-6-13/h2-12H,1H3,(H,22,26). The second kappa shape index (κ2) is 7.72. The number of halogens is 2. The van der Waals surface area contributed by atoms with Crippen LogP contribution in [0, 0.1) is 0 Å². The number of nitrogens with one attached hydrogen (secondary N) is 1. The zero-order valence-electron chi connectivity index (χ0n) is 13.8. The van der Waals surface area contributed by atoms with E-state index in [2.05, 4.69) is 10.4 Å². The molecule has 0 radical (unpaired) electrons. The number of carbonyl (C=O) groups excluding carboxylic acids is 1. The molecule has 0 aliphatic rings. The van der Waals surface area contributed by atoms with Crippen molar-refractivity contribution in [3.8, 4) is 11.3 Å². The highest BCUT2D eigenvalue weighted by molar-refractivity contribution is 6.42. The van der Waals surface area contributed by atoms with E-state index in [0.29, 0.717) is 21.4 Å². The van der Waals surface area contributed by atoms with E-state index in [4.69, 9.17) is 23.2 Å². The molecule has 3 rings (SSSR count). The molecule has 0 bridgehead atoms. The summed E-state index contributed by atoms with van der Waals surface area (Å²) in [7, 11) is 0. The predicted molar refractivity (Wildman–Crippen MR) is 104 cm³/mol. The van der Waals surface area contributed by atoms with Crippen LogP contribution in [0.2, 0.25) is 10.0 Å². The summed E-state index contributed by atoms with van der Waals surface area (Å²) in [5.74, 6) is -0.386. The minimum Gasteiger partial charge on any atom is -0.324 e. The highest BCUT2D eigenvalue weighted by Gasteiger charge is 2.18. The number of rotatable bonds is 4. The molecule has 1 atom stereocenters. The SMILES string of the molecule is CC(C(=O)Nc1ccc(Cl)c(Cl)c1)n1nc(-c2ccccc2)ccc1=O. The third kappa shape index (κ3) is 3.95. The van der Waals surface area contributed by atoms with E-state index >= 15 is 0 Å². The molecule has 0 aliphatic carbocycles. The fraction of sp³-hybridized carbons (Fsp3) is 0.105. The number of aromatic nitrogens is 2. The molecule has 3 aromatic rings. The average Bonchev–Trinajstić information content (AvgIpc) is 2.65. The van der Waals surface area contributed by atoms with Gasteiger partial charge in [-0.25, -0.2) is 4.68 Å². The Balaban J connectivity index is 1.86. The number of amides is 1. The van der Waals surface area contributed by atoms with Gasteiger partial charge in [-0.1, -0.05) is 53.5 Å². The van der Waals surface area contributed by atoms with Gasteiger partial charge in [0.25, 0.3) is 5.56 Å². The molecular formula is C19H15Cl2N3O2. The van der Waals surface area contributed by atoms with Crippen LogP contribution in [0.3, 0.4) is 0 Å². The number of hydrogen-bond donors (Lipinski definition) is 1. The fourth-order valence-electron chi connectivity index (χ4n) is 2.40. The van der Waals surface area contributed by atoms with Crippen LogP contribution in [0.4, 0.5) is 5.69 Å². The third-order valence-electron chi connectivity index (χ3n) is 3.83. The molecule has 0 fully saturated rings. The lowest BCUT2D eigenvalue weighted by Crippen LogP contribution is -2.33. The van der Waals surface area contributed by atoms with E-state index in [1.54, 1.807) is 31.2 Å². The molecule has 0 aliphatic heterocycles. The van der Waals surface area contributed by atoms with Crippen LogP contribution in [0.5, 0.6) is 0 Å². The van der Waals surface area contributed by atoms with Crippen LogP contribution in [0.1, 0.15) is 13.0 Å². The van der Waals surface area contributed by atoms with Crippen molar-refractivity contribution in [3.05, 3.63) is 81.1 Å². The van der Waals surface area contributed by atoms with E-state index in [0.717, 1.165) is 10.2 Å². The molecule has 5 nitrogen and oxygen atoms in total. The van der Waals surface area contributed by atoms with Crippen molar-refractivity contribution in [2.24, 2.45) is 0 Å². The summed E-state index contributed by atoms with van der Waals surface area (Å²) >= 11 is 11.8. The lowest BCUT2D eigenvalue weighted by Gasteiger charge is -2.15. The Hall–Kier alpha value is -2.63. The van der Waals surface area contributed by atoms with Gasteiger partial charge in [-0.05, 0) is 31.2 Å². The van der Waals surface area contributed by atoms with Gasteiger partial charge in [-0.3, -0.25) is 9.59 Å². The van der Waals surface area contributed by atoms with Crippen LogP contribution in [0.15, 0.2) is 65.5 Å². The van der Waals surface area contributed by atoms with Crippen molar-refractivity contribution in [1.82, 2.24) is 9.78 Å². The highest BCUT2D eigenvalue weighted by Crippen LogP contribution is 2.25. The minimum absolute atomic E-state index is 0.332. The van der Waals surface area contributed by atoms with Crippen molar-refractivity contribution in [1.29, 1.82) is 0 Å². The quantitative estimate of drug-likeness (QED) is 0.720. The van der Waals surface area contributed by atoms with Crippen molar-refractivity contribution in [2.75, 3.05) is 5.32 Å². The Bertz CT molecular complexity index is 1000. The normalized spacial score (nSPS) is 11.8. The number of hydrogen-bond acceptors (Lipinski definition) is 3. The van der Waals surface area contributed by atoms with Gasteiger partial charge in [0.15, 0.2) is 0 Å². The van der Waals surface area contributed by atoms with E-state index in [1.807, 2.05) is 30.3 Å². The van der Waals surface area contributed by atoms with Gasteiger partial charge in [-0.2, -0.15) is 5.10 Å². The molecule has 1 N–H and O–H groups in total. The molecule has 0 saturated carbocycles. The van der Waals surface area contributed by atoms with Crippen LogP contribution >= 0.6 is 23.2 Å². The van der Waals surface area contributed by atoms with Crippen molar-refractivity contribution < 1.29 is 4.79 Å². The van der Waals surface area contributed by atoms with Crippen molar-refractivity contribution >= 4 is 34.8 Å². The zero-order chi connectivity index (χ0) is 18.7. The Kier molecular flexibility index (Phi) is 5.40. The van der Waals surface area contributed by atoms with Crippen LogP contribution in [-0.2, 0) is 4.79 Å². The Morgan fingerprint density at radius 3 is 2.46 bits per heavy atom. The zero-order valence-corrected chi connectivity index (χ0v) is 15.3. The molecule has 1 unspecified atom stereocenters. The molecule has 0 spiro atoms. The van der Waals surface area contributed by atoms with E-state index in [1.165, 1.54) is 6.07 Å². The number of carbonyl (C=O) groups is 1. The molecule has 0 saturated heterocycles. The summed E-state index contributed by atoms with van der Waals surface area (Å²) in [4.78, 5) is 24.7. The maximum absolute atomic E-state index is 12.5. The first-order valence-electron chi connectivity index (χ1n) is 7.87. The molecule has 26 heavy (non-hydrogen) atoms. The fourth-order valence-corrected chi connectivity index (χ4v) is 2.70. The van der Waals surface area contributed by atoms with E-state index in [-0.39, 0.29) is 11.5 Å². The summed E-state index contributed by atoms with van der Waals surface area (Å²) in [5, 5.41) is 7.77. The highest BCUT2D eigenvalue weighted by atomic mass is 35.5. The number of nitrogens with zero attached hydrogens (tertiary/aromatic N) is 2. The first-order valence-corrected chi connectivity index (χ1v) is 8.62. The van der Waals surface area contributed by atoms with Gasteiger partial charge >= 0.3 is 0 Å². The van der Waals surface area contributed by atoms with Gasteiger partial charge in [0.1, 0.15) is 6.04 Å². The third-order valence-corrected chi connectivity index (χ3v) is 4.57. The second-order valence-corrected chi connectivity index (χ2v) is 6.48. The molecule has 7 heteroatoms. The Labute approximate surface area is 160 Å². The molecule has 2 aromatic carbocycles. The van der Waals surface area contributed by atoms with Crippen LogP contribution in [-0.4, -0.2) is 15.7 Å². The molecule has 1 heterocycles. The van der Waals surface area contributed by atoms with Gasteiger partial charge in [0.2, 0.25) is 5.91 Å². The first-order chi connectivity index (χ1) is 12.5. The summed E-state index contributed by atoms with van der Waals surface area (Å²) in [5.41, 5.74) is 1.60. The van der Waals surface area contributed by atoms with Gasteiger partial charge in [0.05, 0.1) is 15.7 Å². The van der Waals surface area contributed by atoms with E-state index < -0.39 is 6.04 Å². The summed E-state index contributed by atoms with van der Waals surface area (Å²) in [6, 6.07) is 16.4. The lowest BCUT2D eigenvalue weighted by atomic mass is 10.1. The number of benzene rings is 2. The first kappa shape index (κ1) is 18.2. The summed E-state index contributed by atoms with van der Waals surface area (Å²) < 4.78 is 1.16. The molecular weight excluding hydrogens is 373 g/mol. The summed E-state index contributed by atoms with van der Waals surface area (Å²) in [6.45, 7) is 1.61. The predicted octanol–water partition coefficient (Wildman–Crippen LogP) is 4.42. The lowest BCUT2D eigenvalue weighted by molar-refractivity contribution is -0.119. The topological polar surface area (TPSA) is 64.0 Å². The second-order valence-electron chi connectivity index (χ2n) is 5.66. The maximum atomic E-state index is 12.5. The van der Waals surface area contributed by atoms with Gasteiger partial charge in [-0.15, -0.1) is 0 Å².